The normalized spacial score (nSPS) is 15.6. The fourth-order valence-corrected chi connectivity index (χ4v) is 5.04. The highest BCUT2D eigenvalue weighted by atomic mass is 35.5. The smallest absolute Gasteiger partial charge is 0.265 e. The average Bonchev–Trinajstić information content (AvgIpc) is 3.09. The van der Waals surface area contributed by atoms with Crippen LogP contribution in [0, 0.1) is 0 Å². The number of hydrogen-bond donors (Lipinski definition) is 1. The first-order valence-electron chi connectivity index (χ1n) is 7.74. The SMILES string of the molecule is COc1ccc(NC(=O)c2ccc(Cl)s2)cc1S(=O)(=O)N1CCOCC1. The Hall–Kier alpha value is -1.65. The molecule has 1 N–H and O–H groups in total. The van der Waals surface area contributed by atoms with Gasteiger partial charge in [0.2, 0.25) is 10.0 Å². The first-order valence-corrected chi connectivity index (χ1v) is 10.4. The summed E-state index contributed by atoms with van der Waals surface area (Å²) in [5.74, 6) is -0.143. The first-order chi connectivity index (χ1) is 12.4. The number of amides is 1. The van der Waals surface area contributed by atoms with Crippen molar-refractivity contribution in [3.8, 4) is 5.75 Å². The van der Waals surface area contributed by atoms with Gasteiger partial charge in [0.05, 0.1) is 29.5 Å². The monoisotopic (exact) mass is 416 g/mol. The van der Waals surface area contributed by atoms with E-state index in [0.29, 0.717) is 28.1 Å². The Morgan fingerprint density at radius 1 is 1.27 bits per heavy atom. The minimum atomic E-state index is -3.77. The van der Waals surface area contributed by atoms with Gasteiger partial charge in [-0.3, -0.25) is 4.79 Å². The molecule has 0 atom stereocenters. The van der Waals surface area contributed by atoms with E-state index in [-0.39, 0.29) is 29.6 Å². The zero-order chi connectivity index (χ0) is 18.7. The highest BCUT2D eigenvalue weighted by molar-refractivity contribution is 7.89. The number of nitrogens with one attached hydrogen (secondary N) is 1. The van der Waals surface area contributed by atoms with Gasteiger partial charge in [-0.1, -0.05) is 11.6 Å². The van der Waals surface area contributed by atoms with Gasteiger partial charge in [0.15, 0.2) is 0 Å². The number of rotatable bonds is 5. The lowest BCUT2D eigenvalue weighted by Crippen LogP contribution is -2.40. The summed E-state index contributed by atoms with van der Waals surface area (Å²) < 4.78 is 38.1. The van der Waals surface area contributed by atoms with Crippen molar-refractivity contribution in [1.29, 1.82) is 0 Å². The molecule has 0 spiro atoms. The van der Waals surface area contributed by atoms with Crippen molar-refractivity contribution >= 4 is 44.6 Å². The molecule has 140 valence electrons. The maximum Gasteiger partial charge on any atom is 0.265 e. The van der Waals surface area contributed by atoms with Crippen molar-refractivity contribution in [3.05, 3.63) is 39.5 Å². The van der Waals surface area contributed by atoms with E-state index in [2.05, 4.69) is 5.32 Å². The Labute approximate surface area is 160 Å². The van der Waals surface area contributed by atoms with Crippen LogP contribution in [0.15, 0.2) is 35.2 Å². The summed E-state index contributed by atoms with van der Waals surface area (Å²) in [7, 11) is -2.36. The third kappa shape index (κ3) is 4.02. The molecule has 1 amide bonds. The molecule has 1 aliphatic heterocycles. The average molecular weight is 417 g/mol. The van der Waals surface area contributed by atoms with Crippen LogP contribution in [0.25, 0.3) is 0 Å². The van der Waals surface area contributed by atoms with E-state index >= 15 is 0 Å². The number of nitrogens with zero attached hydrogens (tertiary/aromatic N) is 1. The van der Waals surface area contributed by atoms with Gasteiger partial charge in [0.1, 0.15) is 10.6 Å². The number of halogens is 1. The number of carbonyl (C=O) groups is 1. The van der Waals surface area contributed by atoms with Crippen LogP contribution in [0.4, 0.5) is 5.69 Å². The summed E-state index contributed by atoms with van der Waals surface area (Å²) in [6, 6.07) is 7.74. The van der Waals surface area contributed by atoms with Crippen molar-refractivity contribution in [1.82, 2.24) is 4.31 Å². The number of sulfonamides is 1. The molecule has 1 aromatic carbocycles. The van der Waals surface area contributed by atoms with E-state index in [1.807, 2.05) is 0 Å². The summed E-state index contributed by atoms with van der Waals surface area (Å²) in [5.41, 5.74) is 0.354. The molecule has 2 heterocycles. The lowest BCUT2D eigenvalue weighted by atomic mass is 10.3. The Morgan fingerprint density at radius 3 is 2.62 bits per heavy atom. The Kier molecular flexibility index (Phi) is 5.83. The Bertz CT molecular complexity index is 907. The van der Waals surface area contributed by atoms with Gasteiger partial charge in [-0.15, -0.1) is 11.3 Å². The third-order valence-corrected chi connectivity index (χ3v) is 6.96. The molecule has 10 heteroatoms. The second kappa shape index (κ2) is 7.93. The van der Waals surface area contributed by atoms with Crippen molar-refractivity contribution < 1.29 is 22.7 Å². The summed E-state index contributed by atoms with van der Waals surface area (Å²) in [6.07, 6.45) is 0. The molecule has 1 aromatic heterocycles. The largest absolute Gasteiger partial charge is 0.495 e. The molecule has 0 saturated carbocycles. The number of methoxy groups -OCH3 is 1. The fraction of sp³-hybridized carbons (Fsp3) is 0.312. The predicted octanol–water partition coefficient (Wildman–Crippen LogP) is 2.68. The number of anilines is 1. The van der Waals surface area contributed by atoms with Gasteiger partial charge in [-0.25, -0.2) is 8.42 Å². The van der Waals surface area contributed by atoms with E-state index in [9.17, 15) is 13.2 Å². The van der Waals surface area contributed by atoms with Crippen LogP contribution in [-0.2, 0) is 14.8 Å². The van der Waals surface area contributed by atoms with E-state index in [1.165, 1.54) is 23.5 Å². The predicted molar refractivity (Wildman–Crippen MR) is 99.9 cm³/mol. The van der Waals surface area contributed by atoms with E-state index in [1.54, 1.807) is 18.2 Å². The molecular formula is C16H17ClN2O5S2. The van der Waals surface area contributed by atoms with Crippen molar-refractivity contribution in [2.45, 2.75) is 4.90 Å². The Morgan fingerprint density at radius 2 is 2.00 bits per heavy atom. The lowest BCUT2D eigenvalue weighted by Gasteiger charge is -2.26. The standard InChI is InChI=1S/C16H17ClN2O5S2/c1-23-12-3-2-11(18-16(20)13-4-5-15(17)25-13)10-14(12)26(21,22)19-6-8-24-9-7-19/h2-5,10H,6-9H2,1H3,(H,18,20). The van der Waals surface area contributed by atoms with Crippen LogP contribution in [-0.4, -0.2) is 52.0 Å². The molecule has 7 nitrogen and oxygen atoms in total. The van der Waals surface area contributed by atoms with E-state index in [0.717, 1.165) is 11.3 Å². The summed E-state index contributed by atoms with van der Waals surface area (Å²) in [5, 5.41) is 2.69. The van der Waals surface area contributed by atoms with Gasteiger partial charge < -0.3 is 14.8 Å². The molecule has 1 saturated heterocycles. The topological polar surface area (TPSA) is 84.9 Å². The third-order valence-electron chi connectivity index (χ3n) is 3.81. The highest BCUT2D eigenvalue weighted by Crippen LogP contribution is 2.31. The minimum Gasteiger partial charge on any atom is -0.495 e. The second-order valence-electron chi connectivity index (χ2n) is 5.44. The van der Waals surface area contributed by atoms with Crippen LogP contribution in [0.1, 0.15) is 9.67 Å². The molecular weight excluding hydrogens is 400 g/mol. The number of ether oxygens (including phenoxy) is 2. The Balaban J connectivity index is 1.90. The molecule has 0 radical (unpaired) electrons. The van der Waals surface area contributed by atoms with Gasteiger partial charge in [-0.2, -0.15) is 4.31 Å². The van der Waals surface area contributed by atoms with Crippen LogP contribution >= 0.6 is 22.9 Å². The number of thiophene rings is 1. The fourth-order valence-electron chi connectivity index (χ4n) is 2.51. The highest BCUT2D eigenvalue weighted by Gasteiger charge is 2.29. The maximum atomic E-state index is 12.9. The van der Waals surface area contributed by atoms with Crippen LogP contribution < -0.4 is 10.1 Å². The molecule has 26 heavy (non-hydrogen) atoms. The second-order valence-corrected chi connectivity index (χ2v) is 9.06. The lowest BCUT2D eigenvalue weighted by molar-refractivity contribution is 0.0729. The molecule has 2 aromatic rings. The van der Waals surface area contributed by atoms with Crippen LogP contribution in [0.3, 0.4) is 0 Å². The van der Waals surface area contributed by atoms with Crippen molar-refractivity contribution in [3.63, 3.8) is 0 Å². The van der Waals surface area contributed by atoms with Crippen LogP contribution in [0.5, 0.6) is 5.75 Å². The van der Waals surface area contributed by atoms with Gasteiger partial charge in [0.25, 0.3) is 5.91 Å². The number of benzene rings is 1. The number of hydrogen-bond acceptors (Lipinski definition) is 6. The number of carbonyl (C=O) groups excluding carboxylic acids is 1. The molecule has 3 rings (SSSR count). The maximum absolute atomic E-state index is 12.9. The minimum absolute atomic E-state index is 0.00362. The molecule has 1 aliphatic rings. The number of morpholine rings is 1. The summed E-state index contributed by atoms with van der Waals surface area (Å²) >= 11 is 6.99. The van der Waals surface area contributed by atoms with Gasteiger partial charge >= 0.3 is 0 Å². The molecule has 1 fully saturated rings. The first kappa shape index (κ1) is 19.1. The van der Waals surface area contributed by atoms with E-state index in [4.69, 9.17) is 21.1 Å². The van der Waals surface area contributed by atoms with Gasteiger partial charge in [0, 0.05) is 18.8 Å². The summed E-state index contributed by atoms with van der Waals surface area (Å²) in [4.78, 5) is 12.7. The quantitative estimate of drug-likeness (QED) is 0.809. The molecule has 0 aliphatic carbocycles. The van der Waals surface area contributed by atoms with E-state index < -0.39 is 10.0 Å². The summed E-state index contributed by atoms with van der Waals surface area (Å²) in [6.45, 7) is 1.24. The van der Waals surface area contributed by atoms with Crippen molar-refractivity contribution in [2.24, 2.45) is 0 Å². The zero-order valence-corrected chi connectivity index (χ0v) is 16.3. The molecule has 0 bridgehead atoms. The van der Waals surface area contributed by atoms with Crippen LogP contribution in [0.2, 0.25) is 4.34 Å². The van der Waals surface area contributed by atoms with Gasteiger partial charge in [-0.05, 0) is 30.3 Å². The zero-order valence-electron chi connectivity index (χ0n) is 13.9. The van der Waals surface area contributed by atoms with Crippen molar-refractivity contribution in [2.75, 3.05) is 38.7 Å². The molecule has 0 unspecified atom stereocenters.